The first kappa shape index (κ1) is 22.3. The van der Waals surface area contributed by atoms with Crippen molar-refractivity contribution in [2.75, 3.05) is 39.9 Å². The van der Waals surface area contributed by atoms with E-state index in [0.717, 1.165) is 16.5 Å². The van der Waals surface area contributed by atoms with E-state index in [1.807, 2.05) is 45.0 Å². The summed E-state index contributed by atoms with van der Waals surface area (Å²) in [4.78, 5) is 19.5. The number of aliphatic hydroxyl groups is 1. The van der Waals surface area contributed by atoms with Gasteiger partial charge in [-0.25, -0.2) is 4.79 Å². The number of fused-ring (bicyclic) bond motifs is 1. The fourth-order valence-electron chi connectivity index (χ4n) is 3.81. The van der Waals surface area contributed by atoms with Gasteiger partial charge in [0.25, 0.3) is 0 Å². The monoisotopic (exact) mass is 417 g/mol. The minimum absolute atomic E-state index is 0.240. The molecule has 1 aromatic carbocycles. The Labute approximate surface area is 177 Å². The average molecular weight is 418 g/mol. The van der Waals surface area contributed by atoms with Crippen LogP contribution < -0.4 is 4.74 Å². The topological polar surface area (TPSA) is 95.4 Å². The molecule has 2 unspecified atom stereocenters. The van der Waals surface area contributed by atoms with Crippen molar-refractivity contribution in [3.05, 3.63) is 36.0 Å². The highest BCUT2D eigenvalue weighted by atomic mass is 16.5. The van der Waals surface area contributed by atoms with E-state index in [9.17, 15) is 15.0 Å². The quantitative estimate of drug-likeness (QED) is 0.746. The Kier molecular flexibility index (Phi) is 6.80. The van der Waals surface area contributed by atoms with Gasteiger partial charge in [-0.1, -0.05) is 0 Å². The molecule has 2 heterocycles. The first-order chi connectivity index (χ1) is 14.2. The normalized spacial score (nSPS) is 18.9. The predicted molar refractivity (Wildman–Crippen MR) is 114 cm³/mol. The van der Waals surface area contributed by atoms with Crippen LogP contribution in [0, 0.1) is 0 Å². The van der Waals surface area contributed by atoms with Gasteiger partial charge in [0, 0.05) is 36.8 Å². The van der Waals surface area contributed by atoms with Crippen molar-refractivity contribution in [2.24, 2.45) is 0 Å². The predicted octanol–water partition coefficient (Wildman–Crippen LogP) is 2.76. The SMILES string of the molecule is COc1ccc2nccc(C(O)CN3CCOC(CN(C(=O)O)C(C)(C)C)C3)c2c1. The third-order valence-corrected chi connectivity index (χ3v) is 5.42. The molecule has 164 valence electrons. The van der Waals surface area contributed by atoms with Gasteiger partial charge in [-0.05, 0) is 50.6 Å². The van der Waals surface area contributed by atoms with Gasteiger partial charge in [-0.3, -0.25) is 9.88 Å². The van der Waals surface area contributed by atoms with Crippen molar-refractivity contribution in [3.63, 3.8) is 0 Å². The lowest BCUT2D eigenvalue weighted by Gasteiger charge is -2.39. The van der Waals surface area contributed by atoms with Crippen molar-refractivity contribution >= 4 is 17.0 Å². The zero-order valence-corrected chi connectivity index (χ0v) is 18.0. The molecule has 0 saturated carbocycles. The number of methoxy groups -OCH3 is 1. The van der Waals surface area contributed by atoms with Crippen LogP contribution in [0.5, 0.6) is 5.75 Å². The van der Waals surface area contributed by atoms with Crippen LogP contribution in [0.4, 0.5) is 4.79 Å². The summed E-state index contributed by atoms with van der Waals surface area (Å²) in [6.07, 6.45) is -0.209. The third-order valence-electron chi connectivity index (χ3n) is 5.42. The lowest BCUT2D eigenvalue weighted by Crippen LogP contribution is -2.53. The number of amides is 1. The molecule has 3 rings (SSSR count). The zero-order chi connectivity index (χ0) is 21.9. The van der Waals surface area contributed by atoms with Crippen LogP contribution in [-0.2, 0) is 4.74 Å². The molecule has 1 saturated heterocycles. The molecule has 8 nitrogen and oxygen atoms in total. The molecule has 0 spiro atoms. The molecule has 2 aromatic rings. The van der Waals surface area contributed by atoms with Gasteiger partial charge < -0.3 is 24.6 Å². The second-order valence-corrected chi connectivity index (χ2v) is 8.62. The number of carbonyl (C=O) groups is 1. The Morgan fingerprint density at radius 3 is 2.83 bits per heavy atom. The molecule has 0 bridgehead atoms. The second-order valence-electron chi connectivity index (χ2n) is 8.62. The largest absolute Gasteiger partial charge is 0.497 e. The summed E-state index contributed by atoms with van der Waals surface area (Å²) in [6, 6.07) is 7.44. The summed E-state index contributed by atoms with van der Waals surface area (Å²) in [5.41, 5.74) is 1.09. The van der Waals surface area contributed by atoms with Crippen LogP contribution >= 0.6 is 0 Å². The number of aromatic nitrogens is 1. The van der Waals surface area contributed by atoms with Gasteiger partial charge in [0.15, 0.2) is 0 Å². The molecular formula is C22H31N3O5. The van der Waals surface area contributed by atoms with E-state index in [0.29, 0.717) is 38.5 Å². The molecule has 2 atom stereocenters. The lowest BCUT2D eigenvalue weighted by molar-refractivity contribution is -0.0590. The van der Waals surface area contributed by atoms with Gasteiger partial charge in [-0.2, -0.15) is 0 Å². The number of hydrogen-bond acceptors (Lipinski definition) is 6. The maximum atomic E-state index is 11.6. The van der Waals surface area contributed by atoms with E-state index in [4.69, 9.17) is 9.47 Å². The van der Waals surface area contributed by atoms with Crippen molar-refractivity contribution in [1.82, 2.24) is 14.8 Å². The Morgan fingerprint density at radius 1 is 1.40 bits per heavy atom. The Morgan fingerprint density at radius 2 is 2.17 bits per heavy atom. The number of nitrogens with zero attached hydrogens (tertiary/aromatic N) is 3. The summed E-state index contributed by atoms with van der Waals surface area (Å²) < 4.78 is 11.1. The zero-order valence-electron chi connectivity index (χ0n) is 18.0. The van der Waals surface area contributed by atoms with Crippen molar-refractivity contribution in [3.8, 4) is 5.75 Å². The molecular weight excluding hydrogens is 386 g/mol. The average Bonchev–Trinajstić information content (AvgIpc) is 2.70. The highest BCUT2D eigenvalue weighted by Crippen LogP contribution is 2.27. The minimum atomic E-state index is -0.958. The molecule has 0 radical (unpaired) electrons. The molecule has 30 heavy (non-hydrogen) atoms. The number of β-amino-alcohol motifs (C(OH)–C–C–N with tert-alkyl or cyclic N) is 1. The van der Waals surface area contributed by atoms with Crippen LogP contribution in [0.1, 0.15) is 32.4 Å². The first-order valence-corrected chi connectivity index (χ1v) is 10.1. The molecule has 1 aliphatic rings. The highest BCUT2D eigenvalue weighted by molar-refractivity contribution is 5.83. The number of pyridine rings is 1. The Bertz CT molecular complexity index is 883. The minimum Gasteiger partial charge on any atom is -0.497 e. The van der Waals surface area contributed by atoms with E-state index in [-0.39, 0.29) is 6.10 Å². The maximum absolute atomic E-state index is 11.6. The van der Waals surface area contributed by atoms with E-state index in [1.54, 1.807) is 13.3 Å². The van der Waals surface area contributed by atoms with E-state index < -0.39 is 17.7 Å². The van der Waals surface area contributed by atoms with Crippen molar-refractivity contribution in [2.45, 2.75) is 38.5 Å². The highest BCUT2D eigenvalue weighted by Gasteiger charge is 2.32. The lowest BCUT2D eigenvalue weighted by atomic mass is 10.0. The molecule has 2 N–H and O–H groups in total. The van der Waals surface area contributed by atoms with E-state index in [1.165, 1.54) is 4.90 Å². The van der Waals surface area contributed by atoms with Gasteiger partial charge in [0.05, 0.1) is 38.0 Å². The number of rotatable bonds is 6. The first-order valence-electron chi connectivity index (χ1n) is 10.1. The Hall–Kier alpha value is -2.42. The molecule has 0 aliphatic carbocycles. The van der Waals surface area contributed by atoms with Gasteiger partial charge >= 0.3 is 6.09 Å². The van der Waals surface area contributed by atoms with Crippen LogP contribution in [0.25, 0.3) is 10.9 Å². The second kappa shape index (κ2) is 9.16. The summed E-state index contributed by atoms with van der Waals surface area (Å²) in [5.74, 6) is 0.714. The van der Waals surface area contributed by atoms with E-state index in [2.05, 4.69) is 9.88 Å². The maximum Gasteiger partial charge on any atom is 0.407 e. The van der Waals surface area contributed by atoms with Gasteiger partial charge in [0.1, 0.15) is 5.75 Å². The number of benzene rings is 1. The molecule has 1 fully saturated rings. The summed E-state index contributed by atoms with van der Waals surface area (Å²) in [7, 11) is 1.61. The summed E-state index contributed by atoms with van der Waals surface area (Å²) in [6.45, 7) is 8.07. The number of carboxylic acid groups (broad SMARTS) is 1. The molecule has 8 heteroatoms. The number of aliphatic hydroxyl groups excluding tert-OH is 1. The van der Waals surface area contributed by atoms with Gasteiger partial charge in [-0.15, -0.1) is 0 Å². The Balaban J connectivity index is 1.70. The fraction of sp³-hybridized carbons (Fsp3) is 0.545. The van der Waals surface area contributed by atoms with Crippen LogP contribution in [0.15, 0.2) is 30.5 Å². The molecule has 1 aromatic heterocycles. The molecule has 1 aliphatic heterocycles. The van der Waals surface area contributed by atoms with E-state index >= 15 is 0 Å². The van der Waals surface area contributed by atoms with Crippen molar-refractivity contribution in [1.29, 1.82) is 0 Å². The van der Waals surface area contributed by atoms with Crippen molar-refractivity contribution < 1.29 is 24.5 Å². The van der Waals surface area contributed by atoms with Crippen LogP contribution in [-0.4, -0.2) is 82.6 Å². The number of hydrogen-bond donors (Lipinski definition) is 2. The summed E-state index contributed by atoms with van der Waals surface area (Å²) >= 11 is 0. The van der Waals surface area contributed by atoms with Gasteiger partial charge in [0.2, 0.25) is 0 Å². The van der Waals surface area contributed by atoms with Crippen LogP contribution in [0.3, 0.4) is 0 Å². The number of morpholine rings is 1. The number of ether oxygens (including phenoxy) is 2. The summed E-state index contributed by atoms with van der Waals surface area (Å²) in [5, 5.41) is 21.4. The smallest absolute Gasteiger partial charge is 0.407 e. The van der Waals surface area contributed by atoms with Crippen LogP contribution in [0.2, 0.25) is 0 Å². The standard InChI is InChI=1S/C22H31N3O5/c1-22(2,3)25(21(27)28)13-16-12-24(9-10-30-16)14-20(26)17-7-8-23-19-6-5-15(29-4)11-18(17)19/h5-8,11,16,20,26H,9-10,12-14H2,1-4H3,(H,27,28). The fourth-order valence-corrected chi connectivity index (χ4v) is 3.81. The third kappa shape index (κ3) is 5.19. The molecule has 1 amide bonds.